The molecule has 0 aromatic heterocycles. The van der Waals surface area contributed by atoms with Gasteiger partial charge in [-0.15, -0.1) is 0 Å². The van der Waals surface area contributed by atoms with Crippen LogP contribution in [0.2, 0.25) is 0 Å². The highest BCUT2D eigenvalue weighted by atomic mass is 16.5. The summed E-state index contributed by atoms with van der Waals surface area (Å²) in [4.78, 5) is 56.7. The topological polar surface area (TPSA) is 135 Å². The molecule has 0 saturated carbocycles. The molecule has 44 heavy (non-hydrogen) atoms. The number of carbonyl (C=O) groups is 4. The average molecular weight is 606 g/mol. The lowest BCUT2D eigenvalue weighted by Gasteiger charge is -2.39. The minimum absolute atomic E-state index is 0.0232. The SMILES string of the molecule is CCN1CC(=O)N[C@H]2CN(C(=O)CCN3CCC(C(N)=O)CC3)CC[C@@H]2OCc2cccc(c2)Oc2cccc(c2)CC1=O. The van der Waals surface area contributed by atoms with Crippen molar-refractivity contribution in [3.8, 4) is 11.5 Å². The zero-order valence-corrected chi connectivity index (χ0v) is 25.4. The van der Waals surface area contributed by atoms with E-state index in [1.165, 1.54) is 4.90 Å². The fourth-order valence-electron chi connectivity index (χ4n) is 6.19. The lowest BCUT2D eigenvalue weighted by Crippen LogP contribution is -2.58. The maximum atomic E-state index is 13.3. The normalized spacial score (nSPS) is 22.4. The van der Waals surface area contributed by atoms with E-state index in [-0.39, 0.29) is 48.6 Å². The van der Waals surface area contributed by atoms with Crippen molar-refractivity contribution in [3.63, 3.8) is 0 Å². The summed E-state index contributed by atoms with van der Waals surface area (Å²) in [5.74, 6) is 0.546. The van der Waals surface area contributed by atoms with Crippen molar-refractivity contribution in [2.75, 3.05) is 45.8 Å². The number of amides is 4. The molecule has 0 spiro atoms. The number of fused-ring (bicyclic) bond motifs is 5. The molecule has 2 aromatic carbocycles. The predicted octanol–water partition coefficient (Wildman–Crippen LogP) is 2.07. The van der Waals surface area contributed by atoms with Gasteiger partial charge in [0.2, 0.25) is 23.6 Å². The third kappa shape index (κ3) is 8.35. The van der Waals surface area contributed by atoms with Crippen molar-refractivity contribution >= 4 is 23.6 Å². The highest BCUT2D eigenvalue weighted by molar-refractivity contribution is 5.86. The summed E-state index contributed by atoms with van der Waals surface area (Å²) in [6.45, 7) is 5.45. The van der Waals surface area contributed by atoms with Gasteiger partial charge in [-0.25, -0.2) is 0 Å². The molecule has 3 heterocycles. The fourth-order valence-corrected chi connectivity index (χ4v) is 6.19. The molecule has 5 rings (SSSR count). The Bertz CT molecular complexity index is 1340. The van der Waals surface area contributed by atoms with Crippen LogP contribution in [0, 0.1) is 5.92 Å². The number of likely N-dealkylation sites (N-methyl/N-ethyl adjacent to an activating group) is 1. The summed E-state index contributed by atoms with van der Waals surface area (Å²) in [6, 6.07) is 14.7. The van der Waals surface area contributed by atoms with Crippen LogP contribution in [-0.4, -0.2) is 96.3 Å². The number of hydrogen-bond acceptors (Lipinski definition) is 7. The summed E-state index contributed by atoms with van der Waals surface area (Å²) < 4.78 is 12.5. The highest BCUT2D eigenvalue weighted by Crippen LogP contribution is 2.25. The lowest BCUT2D eigenvalue weighted by atomic mass is 9.96. The van der Waals surface area contributed by atoms with E-state index in [0.29, 0.717) is 57.1 Å². The Morgan fingerprint density at radius 1 is 0.977 bits per heavy atom. The van der Waals surface area contributed by atoms with Crippen molar-refractivity contribution < 1.29 is 28.7 Å². The standard InChI is InChI=1S/C33H43N5O6/c1-2-37-21-30(39)35-28-20-38(31(40)12-15-36-13-9-25(10-14-36)33(34)42)16-11-29(28)43-22-24-6-4-8-27(18-24)44-26-7-3-5-23(17-26)19-32(37)41/h3-8,17-18,25,28-29H,2,9-16,19-22H2,1H3,(H2,34,42)(H,35,39)/t28-,29-/m0/s1. The molecule has 2 atom stereocenters. The molecule has 0 unspecified atom stereocenters. The Morgan fingerprint density at radius 3 is 2.39 bits per heavy atom. The minimum Gasteiger partial charge on any atom is -0.457 e. The maximum absolute atomic E-state index is 13.3. The van der Waals surface area contributed by atoms with Gasteiger partial charge in [0.15, 0.2) is 0 Å². The molecule has 3 aliphatic rings. The molecule has 2 saturated heterocycles. The molecule has 4 bridgehead atoms. The summed E-state index contributed by atoms with van der Waals surface area (Å²) in [7, 11) is 0. The molecule has 3 aliphatic heterocycles. The summed E-state index contributed by atoms with van der Waals surface area (Å²) >= 11 is 0. The van der Waals surface area contributed by atoms with Crippen LogP contribution in [0.4, 0.5) is 0 Å². The molecule has 2 aromatic rings. The van der Waals surface area contributed by atoms with E-state index in [1.54, 1.807) is 4.90 Å². The molecule has 236 valence electrons. The van der Waals surface area contributed by atoms with Crippen LogP contribution in [-0.2, 0) is 36.9 Å². The van der Waals surface area contributed by atoms with Gasteiger partial charge in [0.1, 0.15) is 11.5 Å². The molecular weight excluding hydrogens is 562 g/mol. The maximum Gasteiger partial charge on any atom is 0.239 e. The van der Waals surface area contributed by atoms with Gasteiger partial charge in [0.25, 0.3) is 0 Å². The monoisotopic (exact) mass is 605 g/mol. The van der Waals surface area contributed by atoms with Crippen molar-refractivity contribution in [1.82, 2.24) is 20.0 Å². The van der Waals surface area contributed by atoms with E-state index in [9.17, 15) is 19.2 Å². The summed E-state index contributed by atoms with van der Waals surface area (Å²) in [6.07, 6.45) is 2.21. The average Bonchev–Trinajstić information content (AvgIpc) is 3.02. The van der Waals surface area contributed by atoms with Gasteiger partial charge in [0.05, 0.1) is 31.7 Å². The summed E-state index contributed by atoms with van der Waals surface area (Å²) in [5.41, 5.74) is 7.18. The number of hydrogen-bond donors (Lipinski definition) is 2. The molecule has 3 N–H and O–H groups in total. The summed E-state index contributed by atoms with van der Waals surface area (Å²) in [5, 5.41) is 3.09. The van der Waals surface area contributed by atoms with Crippen LogP contribution in [0.5, 0.6) is 11.5 Å². The molecule has 0 radical (unpaired) electrons. The zero-order chi connectivity index (χ0) is 31.1. The number of nitrogens with one attached hydrogen (secondary N) is 1. The van der Waals surface area contributed by atoms with Crippen LogP contribution < -0.4 is 15.8 Å². The molecule has 4 amide bonds. The Hall–Kier alpha value is -3.96. The van der Waals surface area contributed by atoms with Gasteiger partial charge in [0, 0.05) is 38.5 Å². The van der Waals surface area contributed by atoms with E-state index in [4.69, 9.17) is 15.2 Å². The number of benzene rings is 2. The van der Waals surface area contributed by atoms with Crippen LogP contribution in [0.1, 0.15) is 43.7 Å². The van der Waals surface area contributed by atoms with Crippen molar-refractivity contribution in [2.24, 2.45) is 11.7 Å². The number of nitrogens with two attached hydrogens (primary N) is 1. The van der Waals surface area contributed by atoms with E-state index in [1.807, 2.05) is 55.5 Å². The Kier molecular flexibility index (Phi) is 10.5. The van der Waals surface area contributed by atoms with Gasteiger partial charge in [-0.1, -0.05) is 24.3 Å². The first kappa shape index (κ1) is 31.5. The number of nitrogens with zero attached hydrogens (tertiary/aromatic N) is 3. The van der Waals surface area contributed by atoms with Crippen LogP contribution in [0.25, 0.3) is 0 Å². The molecule has 11 nitrogen and oxygen atoms in total. The smallest absolute Gasteiger partial charge is 0.239 e. The number of carbonyl (C=O) groups excluding carboxylic acids is 4. The van der Waals surface area contributed by atoms with E-state index < -0.39 is 6.04 Å². The number of piperidine rings is 2. The Balaban J connectivity index is 1.27. The lowest BCUT2D eigenvalue weighted by molar-refractivity contribution is -0.139. The second-order valence-electron chi connectivity index (χ2n) is 11.9. The van der Waals surface area contributed by atoms with Crippen LogP contribution >= 0.6 is 0 Å². The molecule has 2 fully saturated rings. The minimum atomic E-state index is -0.426. The van der Waals surface area contributed by atoms with Crippen molar-refractivity contribution in [3.05, 3.63) is 59.7 Å². The highest BCUT2D eigenvalue weighted by Gasteiger charge is 2.34. The fraction of sp³-hybridized carbons (Fsp3) is 0.515. The largest absolute Gasteiger partial charge is 0.457 e. The second-order valence-corrected chi connectivity index (χ2v) is 11.9. The number of likely N-dealkylation sites (tertiary alicyclic amines) is 2. The first-order valence-corrected chi connectivity index (χ1v) is 15.6. The second kappa shape index (κ2) is 14.7. The van der Waals surface area contributed by atoms with Crippen LogP contribution in [0.3, 0.4) is 0 Å². The third-order valence-electron chi connectivity index (χ3n) is 8.80. The third-order valence-corrected chi connectivity index (χ3v) is 8.80. The molecule has 0 aliphatic carbocycles. The van der Waals surface area contributed by atoms with Crippen molar-refractivity contribution in [1.29, 1.82) is 0 Å². The zero-order valence-electron chi connectivity index (χ0n) is 25.4. The predicted molar refractivity (Wildman–Crippen MR) is 164 cm³/mol. The van der Waals surface area contributed by atoms with E-state index in [0.717, 1.165) is 37.1 Å². The Morgan fingerprint density at radius 2 is 1.68 bits per heavy atom. The van der Waals surface area contributed by atoms with Gasteiger partial charge in [-0.3, -0.25) is 19.2 Å². The molecule has 11 heteroatoms. The van der Waals surface area contributed by atoms with E-state index >= 15 is 0 Å². The van der Waals surface area contributed by atoms with Gasteiger partial charge < -0.3 is 35.2 Å². The number of ether oxygens (including phenoxy) is 2. The quantitative estimate of drug-likeness (QED) is 0.533. The first-order valence-electron chi connectivity index (χ1n) is 15.6. The van der Waals surface area contributed by atoms with Gasteiger partial charge >= 0.3 is 0 Å². The van der Waals surface area contributed by atoms with Gasteiger partial charge in [-0.05, 0) is 74.7 Å². The number of rotatable bonds is 5. The van der Waals surface area contributed by atoms with Gasteiger partial charge in [-0.2, -0.15) is 0 Å². The van der Waals surface area contributed by atoms with E-state index in [2.05, 4.69) is 10.2 Å². The van der Waals surface area contributed by atoms with Crippen molar-refractivity contribution in [2.45, 2.75) is 57.8 Å². The molecular formula is C33H43N5O6. The van der Waals surface area contributed by atoms with Crippen LogP contribution in [0.15, 0.2) is 48.5 Å². The Labute approximate surface area is 258 Å². The first-order chi connectivity index (χ1) is 21.3. The number of primary amides is 1.